The molecule has 0 saturated heterocycles. The van der Waals surface area contributed by atoms with Crippen LogP contribution in [-0.4, -0.2) is 16.9 Å². The minimum absolute atomic E-state index is 0.678. The van der Waals surface area contributed by atoms with E-state index in [1.807, 2.05) is 84.9 Å². The fourth-order valence-electron chi connectivity index (χ4n) is 3.21. The first-order valence-corrected chi connectivity index (χ1v) is 9.12. The standard InChI is InChI=1S/C22H21BrO3/c1-21(23,24)26-22(17-11-5-3-6-12-17,18-13-7-4-8-14-18)19-15-9-10-16-20(19)25-2/h3-16,24H,1-2H3. The van der Waals surface area contributed by atoms with E-state index >= 15 is 0 Å². The second-order valence-corrected chi connectivity index (χ2v) is 7.56. The lowest BCUT2D eigenvalue weighted by Crippen LogP contribution is -2.40. The Morgan fingerprint density at radius 1 is 0.769 bits per heavy atom. The van der Waals surface area contributed by atoms with Crippen LogP contribution in [0.5, 0.6) is 5.75 Å². The van der Waals surface area contributed by atoms with Crippen LogP contribution in [-0.2, 0) is 10.3 Å². The molecular weight excluding hydrogens is 392 g/mol. The lowest BCUT2D eigenvalue weighted by Gasteiger charge is -2.39. The van der Waals surface area contributed by atoms with Gasteiger partial charge < -0.3 is 14.6 Å². The third-order valence-electron chi connectivity index (χ3n) is 4.19. The fraction of sp³-hybridized carbons (Fsp3) is 0.182. The summed E-state index contributed by atoms with van der Waals surface area (Å²) in [5.74, 6) is 0.678. The van der Waals surface area contributed by atoms with Crippen LogP contribution in [0.4, 0.5) is 0 Å². The van der Waals surface area contributed by atoms with E-state index in [-0.39, 0.29) is 0 Å². The predicted molar refractivity (Wildman–Crippen MR) is 106 cm³/mol. The normalized spacial score (nSPS) is 13.8. The van der Waals surface area contributed by atoms with Crippen LogP contribution in [0.3, 0.4) is 0 Å². The van der Waals surface area contributed by atoms with E-state index in [2.05, 4.69) is 15.9 Å². The predicted octanol–water partition coefficient (Wildman–Crippen LogP) is 5.06. The second-order valence-electron chi connectivity index (χ2n) is 6.09. The smallest absolute Gasteiger partial charge is 0.222 e. The Labute approximate surface area is 162 Å². The molecule has 0 radical (unpaired) electrons. The Balaban J connectivity index is 2.39. The summed E-state index contributed by atoms with van der Waals surface area (Å²) in [5, 5.41) is 10.6. The summed E-state index contributed by atoms with van der Waals surface area (Å²) < 4.78 is 10.4. The van der Waals surface area contributed by atoms with Gasteiger partial charge in [0.25, 0.3) is 0 Å². The molecule has 1 unspecified atom stereocenters. The summed E-state index contributed by atoms with van der Waals surface area (Å²) in [6, 6.07) is 27.3. The summed E-state index contributed by atoms with van der Waals surface area (Å²) in [4.78, 5) is 0. The maximum absolute atomic E-state index is 10.6. The minimum atomic E-state index is -1.56. The van der Waals surface area contributed by atoms with E-state index in [1.54, 1.807) is 14.0 Å². The monoisotopic (exact) mass is 412 g/mol. The highest BCUT2D eigenvalue weighted by molar-refractivity contribution is 9.09. The molecule has 1 atom stereocenters. The van der Waals surface area contributed by atoms with Gasteiger partial charge in [-0.05, 0) is 33.1 Å². The number of halogens is 1. The van der Waals surface area contributed by atoms with Gasteiger partial charge in [0.15, 0.2) is 5.60 Å². The Bertz CT molecular complexity index is 803. The summed E-state index contributed by atoms with van der Waals surface area (Å²) in [7, 11) is 1.63. The van der Waals surface area contributed by atoms with Crippen LogP contribution in [0.25, 0.3) is 0 Å². The summed E-state index contributed by atoms with van der Waals surface area (Å²) in [5.41, 5.74) is 1.51. The molecule has 26 heavy (non-hydrogen) atoms. The maximum atomic E-state index is 10.6. The van der Waals surface area contributed by atoms with Gasteiger partial charge in [-0.15, -0.1) is 0 Å². The SMILES string of the molecule is COc1ccccc1C(OC(C)(O)Br)(c1ccccc1)c1ccccc1. The quantitative estimate of drug-likeness (QED) is 0.349. The average Bonchev–Trinajstić information content (AvgIpc) is 2.67. The number of rotatable bonds is 6. The topological polar surface area (TPSA) is 38.7 Å². The Morgan fingerprint density at radius 3 is 1.69 bits per heavy atom. The number of benzene rings is 3. The molecule has 0 aliphatic rings. The van der Waals surface area contributed by atoms with Gasteiger partial charge in [-0.1, -0.05) is 78.9 Å². The molecule has 4 heteroatoms. The Kier molecular flexibility index (Phi) is 5.47. The molecule has 3 aromatic carbocycles. The lowest BCUT2D eigenvalue weighted by molar-refractivity contribution is -0.169. The van der Waals surface area contributed by atoms with E-state index in [1.165, 1.54) is 0 Å². The zero-order chi connectivity index (χ0) is 18.6. The number of ether oxygens (including phenoxy) is 2. The first kappa shape index (κ1) is 18.6. The minimum Gasteiger partial charge on any atom is -0.496 e. The van der Waals surface area contributed by atoms with Gasteiger partial charge >= 0.3 is 0 Å². The third-order valence-corrected chi connectivity index (χ3v) is 4.35. The number of hydrogen-bond donors (Lipinski definition) is 1. The molecule has 0 fully saturated rings. The van der Waals surface area contributed by atoms with Gasteiger partial charge in [0.2, 0.25) is 4.70 Å². The molecule has 0 saturated carbocycles. The first-order chi connectivity index (χ1) is 12.5. The van der Waals surface area contributed by atoms with Crippen LogP contribution in [0.1, 0.15) is 23.6 Å². The highest BCUT2D eigenvalue weighted by Crippen LogP contribution is 2.47. The Hall–Kier alpha value is -2.14. The summed E-state index contributed by atoms with van der Waals surface area (Å²) in [6.07, 6.45) is 0. The first-order valence-electron chi connectivity index (χ1n) is 8.33. The molecule has 3 nitrogen and oxygen atoms in total. The number of hydrogen-bond acceptors (Lipinski definition) is 3. The van der Waals surface area contributed by atoms with Crippen molar-refractivity contribution in [1.82, 2.24) is 0 Å². The molecule has 134 valence electrons. The summed E-state index contributed by atoms with van der Waals surface area (Å²) in [6.45, 7) is 1.56. The number of methoxy groups -OCH3 is 1. The van der Waals surface area contributed by atoms with E-state index in [9.17, 15) is 5.11 Å². The van der Waals surface area contributed by atoms with Gasteiger partial charge in [0.05, 0.1) is 7.11 Å². The molecule has 0 amide bonds. The van der Waals surface area contributed by atoms with Gasteiger partial charge in [0, 0.05) is 12.5 Å². The highest BCUT2D eigenvalue weighted by atomic mass is 79.9. The molecular formula is C22H21BrO3. The average molecular weight is 413 g/mol. The summed E-state index contributed by atoms with van der Waals surface area (Å²) >= 11 is 3.25. The van der Waals surface area contributed by atoms with Crippen molar-refractivity contribution < 1.29 is 14.6 Å². The molecule has 1 N–H and O–H groups in total. The van der Waals surface area contributed by atoms with Crippen molar-refractivity contribution in [1.29, 1.82) is 0 Å². The third kappa shape index (κ3) is 3.68. The number of alkyl halides is 1. The van der Waals surface area contributed by atoms with Crippen LogP contribution in [0, 0.1) is 0 Å². The molecule has 3 aromatic rings. The van der Waals surface area contributed by atoms with Crippen LogP contribution >= 0.6 is 15.9 Å². The molecule has 0 aliphatic heterocycles. The maximum Gasteiger partial charge on any atom is 0.222 e. The molecule has 0 aliphatic carbocycles. The van der Waals surface area contributed by atoms with Gasteiger partial charge in [-0.2, -0.15) is 0 Å². The van der Waals surface area contributed by atoms with E-state index in [4.69, 9.17) is 9.47 Å². The van der Waals surface area contributed by atoms with E-state index in [0.717, 1.165) is 16.7 Å². The number of para-hydroxylation sites is 1. The van der Waals surface area contributed by atoms with Gasteiger partial charge in [0.1, 0.15) is 5.75 Å². The highest BCUT2D eigenvalue weighted by Gasteiger charge is 2.44. The molecule has 0 heterocycles. The van der Waals surface area contributed by atoms with Crippen molar-refractivity contribution in [2.24, 2.45) is 0 Å². The van der Waals surface area contributed by atoms with Crippen LogP contribution in [0.15, 0.2) is 84.9 Å². The van der Waals surface area contributed by atoms with E-state index < -0.39 is 10.3 Å². The van der Waals surface area contributed by atoms with Crippen molar-refractivity contribution in [2.45, 2.75) is 17.2 Å². The van der Waals surface area contributed by atoms with Crippen LogP contribution < -0.4 is 4.74 Å². The van der Waals surface area contributed by atoms with Crippen molar-refractivity contribution in [3.8, 4) is 5.75 Å². The van der Waals surface area contributed by atoms with Crippen molar-refractivity contribution >= 4 is 15.9 Å². The zero-order valence-corrected chi connectivity index (χ0v) is 16.3. The molecule has 0 aromatic heterocycles. The van der Waals surface area contributed by atoms with E-state index in [0.29, 0.717) is 5.75 Å². The molecule has 3 rings (SSSR count). The molecule has 0 spiro atoms. The van der Waals surface area contributed by atoms with Gasteiger partial charge in [-0.25, -0.2) is 0 Å². The number of aliphatic hydroxyl groups is 1. The largest absolute Gasteiger partial charge is 0.496 e. The van der Waals surface area contributed by atoms with Crippen LogP contribution in [0.2, 0.25) is 0 Å². The van der Waals surface area contributed by atoms with Crippen molar-refractivity contribution in [3.63, 3.8) is 0 Å². The van der Waals surface area contributed by atoms with Gasteiger partial charge in [-0.3, -0.25) is 0 Å². The van der Waals surface area contributed by atoms with Crippen molar-refractivity contribution in [2.75, 3.05) is 7.11 Å². The Morgan fingerprint density at radius 2 is 1.23 bits per heavy atom. The lowest BCUT2D eigenvalue weighted by atomic mass is 9.79. The zero-order valence-electron chi connectivity index (χ0n) is 14.7. The van der Waals surface area contributed by atoms with Crippen molar-refractivity contribution in [3.05, 3.63) is 102 Å². The molecule has 0 bridgehead atoms. The second kappa shape index (κ2) is 7.62. The fourth-order valence-corrected chi connectivity index (χ4v) is 3.45.